The lowest BCUT2D eigenvalue weighted by molar-refractivity contribution is 0.313. The molecule has 0 radical (unpaired) electrons. The van der Waals surface area contributed by atoms with E-state index in [-0.39, 0.29) is 5.41 Å². The van der Waals surface area contributed by atoms with Crippen LogP contribution in [0.25, 0.3) is 0 Å². The number of amidine groups is 1. The number of nitrogens with one attached hydrogen (secondary N) is 1. The zero-order valence-electron chi connectivity index (χ0n) is 11.9. The van der Waals surface area contributed by atoms with Crippen molar-refractivity contribution in [1.29, 1.82) is 0 Å². The highest BCUT2D eigenvalue weighted by Crippen LogP contribution is 2.48. The van der Waals surface area contributed by atoms with Crippen molar-refractivity contribution in [2.45, 2.75) is 71.3 Å². The van der Waals surface area contributed by atoms with Gasteiger partial charge >= 0.3 is 0 Å². The van der Waals surface area contributed by atoms with Gasteiger partial charge in [-0.05, 0) is 31.6 Å². The summed E-state index contributed by atoms with van der Waals surface area (Å²) in [5, 5.41) is 15.3. The maximum atomic E-state index is 8.61. The monoisotopic (exact) mass is 255 g/mol. The molecule has 1 aliphatic rings. The van der Waals surface area contributed by atoms with Gasteiger partial charge in [-0.15, -0.1) is 0 Å². The van der Waals surface area contributed by atoms with Gasteiger partial charge in [-0.3, -0.25) is 0 Å². The second-order valence-electron chi connectivity index (χ2n) is 5.90. The number of oxime groups is 1. The predicted molar refractivity (Wildman–Crippen MR) is 75.9 cm³/mol. The second-order valence-corrected chi connectivity index (χ2v) is 5.90. The van der Waals surface area contributed by atoms with Gasteiger partial charge in [0.1, 0.15) is 5.84 Å². The first-order chi connectivity index (χ1) is 8.62. The summed E-state index contributed by atoms with van der Waals surface area (Å²) >= 11 is 0. The lowest BCUT2D eigenvalue weighted by atomic mass is 10.0. The van der Waals surface area contributed by atoms with Crippen LogP contribution in [0.3, 0.4) is 0 Å². The van der Waals surface area contributed by atoms with Crippen LogP contribution in [0.4, 0.5) is 0 Å². The second kappa shape index (κ2) is 7.62. The molecule has 1 saturated carbocycles. The Bertz CT molecular complexity index is 262. The van der Waals surface area contributed by atoms with Crippen LogP contribution in [0.15, 0.2) is 5.16 Å². The molecule has 1 fully saturated rings. The van der Waals surface area contributed by atoms with Crippen LogP contribution in [0.5, 0.6) is 0 Å². The third-order valence-electron chi connectivity index (χ3n) is 3.96. The number of unbranched alkanes of at least 4 members (excludes halogenated alkanes) is 3. The molecule has 0 bridgehead atoms. The molecule has 0 aliphatic heterocycles. The maximum absolute atomic E-state index is 8.61. The molecule has 0 aromatic carbocycles. The molecule has 0 aromatic rings. The lowest BCUT2D eigenvalue weighted by Gasteiger charge is -2.19. The molecule has 0 amide bonds. The summed E-state index contributed by atoms with van der Waals surface area (Å²) in [6.45, 7) is 5.50. The van der Waals surface area contributed by atoms with Gasteiger partial charge in [-0.1, -0.05) is 37.8 Å². The molecular formula is C14H29N3O. The molecule has 4 N–H and O–H groups in total. The van der Waals surface area contributed by atoms with Gasteiger partial charge in [0.25, 0.3) is 0 Å². The van der Waals surface area contributed by atoms with E-state index in [2.05, 4.69) is 24.3 Å². The molecule has 0 saturated heterocycles. The molecule has 1 aliphatic carbocycles. The van der Waals surface area contributed by atoms with Gasteiger partial charge in [-0.2, -0.15) is 0 Å². The molecule has 106 valence electrons. The van der Waals surface area contributed by atoms with E-state index in [4.69, 9.17) is 10.9 Å². The minimum absolute atomic E-state index is 0.272. The summed E-state index contributed by atoms with van der Waals surface area (Å²) < 4.78 is 0. The van der Waals surface area contributed by atoms with Gasteiger partial charge in [0, 0.05) is 19.0 Å². The molecule has 0 heterocycles. The zero-order valence-corrected chi connectivity index (χ0v) is 11.9. The van der Waals surface area contributed by atoms with E-state index < -0.39 is 0 Å². The molecule has 0 spiro atoms. The predicted octanol–water partition coefficient (Wildman–Crippen LogP) is 2.85. The average Bonchev–Trinajstić information content (AvgIpc) is 3.12. The van der Waals surface area contributed by atoms with Crippen molar-refractivity contribution in [1.82, 2.24) is 5.32 Å². The normalized spacial score (nSPS) is 19.8. The fraction of sp³-hybridized carbons (Fsp3) is 0.929. The van der Waals surface area contributed by atoms with Crippen LogP contribution >= 0.6 is 0 Å². The van der Waals surface area contributed by atoms with Crippen molar-refractivity contribution in [3.63, 3.8) is 0 Å². The first-order valence-corrected chi connectivity index (χ1v) is 7.31. The Morgan fingerprint density at radius 3 is 2.67 bits per heavy atom. The van der Waals surface area contributed by atoms with E-state index in [9.17, 15) is 0 Å². The Morgan fingerprint density at radius 1 is 1.39 bits per heavy atom. The van der Waals surface area contributed by atoms with Crippen LogP contribution in [0, 0.1) is 5.41 Å². The molecule has 4 heteroatoms. The minimum atomic E-state index is 0.272. The third-order valence-corrected chi connectivity index (χ3v) is 3.96. The smallest absolute Gasteiger partial charge is 0.139 e. The van der Waals surface area contributed by atoms with Crippen LogP contribution in [0.1, 0.15) is 65.2 Å². The van der Waals surface area contributed by atoms with E-state index in [0.717, 1.165) is 13.0 Å². The van der Waals surface area contributed by atoms with E-state index in [1.54, 1.807) is 0 Å². The van der Waals surface area contributed by atoms with Gasteiger partial charge in [0.2, 0.25) is 0 Å². The van der Waals surface area contributed by atoms with Gasteiger partial charge in [-0.25, -0.2) is 0 Å². The Balaban J connectivity index is 2.12. The topological polar surface area (TPSA) is 70.6 Å². The highest BCUT2D eigenvalue weighted by atomic mass is 16.4. The quantitative estimate of drug-likeness (QED) is 0.185. The molecule has 1 atom stereocenters. The molecule has 4 nitrogen and oxygen atoms in total. The summed E-state index contributed by atoms with van der Waals surface area (Å²) in [5.74, 6) is 0.366. The SMILES string of the molecule is CCCCCCC(C)NCC1(CC(N)=NO)CC1. The summed E-state index contributed by atoms with van der Waals surface area (Å²) in [6.07, 6.45) is 9.66. The van der Waals surface area contributed by atoms with Gasteiger partial charge in [0.05, 0.1) is 0 Å². The van der Waals surface area contributed by atoms with Crippen LogP contribution in [-0.2, 0) is 0 Å². The number of rotatable bonds is 10. The standard InChI is InChI=1S/C14H29N3O/c1-3-4-5-6-7-12(2)16-11-14(8-9-14)10-13(15)17-18/h12,16,18H,3-11H2,1-2H3,(H2,15,17). The zero-order chi connectivity index (χ0) is 13.4. The van der Waals surface area contributed by atoms with E-state index in [0.29, 0.717) is 11.9 Å². The van der Waals surface area contributed by atoms with Gasteiger partial charge < -0.3 is 16.3 Å². The molecule has 18 heavy (non-hydrogen) atoms. The van der Waals surface area contributed by atoms with Crippen molar-refractivity contribution in [3.8, 4) is 0 Å². The van der Waals surface area contributed by atoms with Crippen LogP contribution < -0.4 is 11.1 Å². The molecule has 1 rings (SSSR count). The first-order valence-electron chi connectivity index (χ1n) is 7.31. The van der Waals surface area contributed by atoms with Crippen molar-refractivity contribution in [3.05, 3.63) is 0 Å². The van der Waals surface area contributed by atoms with Gasteiger partial charge in [0.15, 0.2) is 0 Å². The lowest BCUT2D eigenvalue weighted by Crippen LogP contribution is -2.34. The van der Waals surface area contributed by atoms with Crippen molar-refractivity contribution >= 4 is 5.84 Å². The van der Waals surface area contributed by atoms with Crippen molar-refractivity contribution in [2.75, 3.05) is 6.54 Å². The summed E-state index contributed by atoms with van der Waals surface area (Å²) in [5.41, 5.74) is 5.86. The highest BCUT2D eigenvalue weighted by Gasteiger charge is 2.43. The Kier molecular flexibility index (Phi) is 6.47. The largest absolute Gasteiger partial charge is 0.409 e. The summed E-state index contributed by atoms with van der Waals surface area (Å²) in [4.78, 5) is 0. The third kappa shape index (κ3) is 5.71. The number of nitrogens with two attached hydrogens (primary N) is 1. The van der Waals surface area contributed by atoms with Crippen LogP contribution in [0.2, 0.25) is 0 Å². The average molecular weight is 255 g/mol. The van der Waals surface area contributed by atoms with E-state index in [1.807, 2.05) is 0 Å². The minimum Gasteiger partial charge on any atom is -0.409 e. The first kappa shape index (κ1) is 15.3. The van der Waals surface area contributed by atoms with E-state index in [1.165, 1.54) is 44.9 Å². The maximum Gasteiger partial charge on any atom is 0.139 e. The summed E-state index contributed by atoms with van der Waals surface area (Å²) in [7, 11) is 0. The molecule has 0 aromatic heterocycles. The van der Waals surface area contributed by atoms with Crippen molar-refractivity contribution in [2.24, 2.45) is 16.3 Å². The van der Waals surface area contributed by atoms with Crippen LogP contribution in [-0.4, -0.2) is 23.6 Å². The fourth-order valence-corrected chi connectivity index (χ4v) is 2.38. The fourth-order valence-electron chi connectivity index (χ4n) is 2.38. The number of hydrogen-bond donors (Lipinski definition) is 3. The highest BCUT2D eigenvalue weighted by molar-refractivity contribution is 5.80. The Labute approximate surface area is 111 Å². The number of hydrogen-bond acceptors (Lipinski definition) is 3. The summed E-state index contributed by atoms with van der Waals surface area (Å²) in [6, 6.07) is 0.576. The Hall–Kier alpha value is -0.770. The van der Waals surface area contributed by atoms with Crippen molar-refractivity contribution < 1.29 is 5.21 Å². The molecule has 1 unspecified atom stereocenters. The van der Waals surface area contributed by atoms with E-state index >= 15 is 0 Å². The Morgan fingerprint density at radius 2 is 2.11 bits per heavy atom. The molecular weight excluding hydrogens is 226 g/mol. The number of nitrogens with zero attached hydrogens (tertiary/aromatic N) is 1.